The van der Waals surface area contributed by atoms with E-state index in [9.17, 15) is 0 Å². The summed E-state index contributed by atoms with van der Waals surface area (Å²) in [6, 6.07) is 8.13. The van der Waals surface area contributed by atoms with Crippen molar-refractivity contribution in [3.05, 3.63) is 24.3 Å². The summed E-state index contributed by atoms with van der Waals surface area (Å²) in [7, 11) is 0. The van der Waals surface area contributed by atoms with Gasteiger partial charge in [-0.2, -0.15) is 0 Å². The van der Waals surface area contributed by atoms with E-state index < -0.39 is 0 Å². The second kappa shape index (κ2) is 1.15. The van der Waals surface area contributed by atoms with Gasteiger partial charge in [0.2, 0.25) is 0 Å². The summed E-state index contributed by atoms with van der Waals surface area (Å²) < 4.78 is 0. The lowest BCUT2D eigenvalue weighted by molar-refractivity contribution is 1.36. The zero-order valence-electron chi connectivity index (χ0n) is 4.31. The van der Waals surface area contributed by atoms with Crippen LogP contribution in [-0.2, 0) is 0 Å². The molecule has 2 heterocycles. The van der Waals surface area contributed by atoms with Crippen molar-refractivity contribution in [2.45, 2.75) is 0 Å². The highest BCUT2D eigenvalue weighted by atomic mass is 15.4. The van der Waals surface area contributed by atoms with Crippen molar-refractivity contribution in [3.8, 4) is 0 Å². The Hall–Kier alpha value is -1.18. The molecule has 0 saturated carbocycles. The van der Waals surface area contributed by atoms with Gasteiger partial charge in [0, 0.05) is 0 Å². The number of hydrazine groups is 1. The van der Waals surface area contributed by atoms with E-state index in [2.05, 4.69) is 10.9 Å². The van der Waals surface area contributed by atoms with Gasteiger partial charge in [-0.3, -0.25) is 0 Å². The molecule has 0 aliphatic carbocycles. The van der Waals surface area contributed by atoms with Gasteiger partial charge >= 0.3 is 0 Å². The molecule has 3 rings (SSSR count). The molecule has 1 aromatic rings. The van der Waals surface area contributed by atoms with Gasteiger partial charge in [-0.15, -0.1) is 0 Å². The van der Waals surface area contributed by atoms with Gasteiger partial charge in [0.1, 0.15) is 0 Å². The molecule has 2 aliphatic rings. The van der Waals surface area contributed by atoms with Crippen molar-refractivity contribution in [2.24, 2.45) is 0 Å². The largest absolute Gasteiger partial charge is 0.301 e. The molecule has 8 heavy (non-hydrogen) atoms. The van der Waals surface area contributed by atoms with Crippen molar-refractivity contribution < 1.29 is 0 Å². The average Bonchev–Trinajstić information content (AvgIpc) is 1.92. The topological polar surface area (TPSA) is 24.1 Å². The lowest BCUT2D eigenvalue weighted by Gasteiger charge is -2.15. The van der Waals surface area contributed by atoms with Crippen LogP contribution in [0.5, 0.6) is 0 Å². The van der Waals surface area contributed by atoms with Crippen LogP contribution in [0, 0.1) is 0 Å². The predicted molar refractivity (Wildman–Crippen MR) is 33.7 cm³/mol. The molecule has 2 heteroatoms. The average molecular weight is 106 g/mol. The molecule has 2 bridgehead atoms. The van der Waals surface area contributed by atoms with E-state index in [1.165, 1.54) is 0 Å². The van der Waals surface area contributed by atoms with Gasteiger partial charge in [-0.25, -0.2) is 0 Å². The minimum Gasteiger partial charge on any atom is -0.301 e. The van der Waals surface area contributed by atoms with Gasteiger partial charge in [0.05, 0.1) is 11.4 Å². The number of nitrogens with one attached hydrogen (secondary N) is 2. The number of hydrogen-bond acceptors (Lipinski definition) is 2. The van der Waals surface area contributed by atoms with Crippen LogP contribution in [0.2, 0.25) is 0 Å². The third-order valence-electron chi connectivity index (χ3n) is 1.24. The summed E-state index contributed by atoms with van der Waals surface area (Å²) in [6.45, 7) is 0. The maximum atomic E-state index is 2.97. The molecule has 2 nitrogen and oxygen atoms in total. The van der Waals surface area contributed by atoms with E-state index in [0.717, 1.165) is 11.4 Å². The first kappa shape index (κ1) is 3.78. The van der Waals surface area contributed by atoms with E-state index in [-0.39, 0.29) is 0 Å². The lowest BCUT2D eigenvalue weighted by atomic mass is 10.2. The first-order valence-electron chi connectivity index (χ1n) is 2.57. The lowest BCUT2D eigenvalue weighted by Crippen LogP contribution is -2.12. The first-order valence-corrected chi connectivity index (χ1v) is 2.57. The fourth-order valence-electron chi connectivity index (χ4n) is 0.781. The number of hydrogen-bond donors (Lipinski definition) is 2. The van der Waals surface area contributed by atoms with Crippen LogP contribution in [0.1, 0.15) is 0 Å². The Labute approximate surface area is 47.5 Å². The van der Waals surface area contributed by atoms with Crippen LogP contribution in [-0.4, -0.2) is 0 Å². The van der Waals surface area contributed by atoms with Gasteiger partial charge < -0.3 is 10.9 Å². The van der Waals surface area contributed by atoms with E-state index in [4.69, 9.17) is 0 Å². The van der Waals surface area contributed by atoms with Crippen molar-refractivity contribution in [1.29, 1.82) is 0 Å². The number of benzene rings is 1. The minimum atomic E-state index is 1.12. The van der Waals surface area contributed by atoms with Gasteiger partial charge in [0.25, 0.3) is 0 Å². The van der Waals surface area contributed by atoms with E-state index in [0.29, 0.717) is 0 Å². The van der Waals surface area contributed by atoms with Crippen molar-refractivity contribution in [3.63, 3.8) is 0 Å². The van der Waals surface area contributed by atoms with Crippen molar-refractivity contribution in [2.75, 3.05) is 10.9 Å². The van der Waals surface area contributed by atoms with Gasteiger partial charge in [-0.1, -0.05) is 0 Å². The van der Waals surface area contributed by atoms with Gasteiger partial charge in [-0.05, 0) is 24.3 Å². The summed E-state index contributed by atoms with van der Waals surface area (Å²) in [5, 5.41) is 0. The minimum absolute atomic E-state index is 1.12. The molecule has 0 unspecified atom stereocenters. The van der Waals surface area contributed by atoms with Crippen LogP contribution in [0.3, 0.4) is 0 Å². The van der Waals surface area contributed by atoms with Crippen LogP contribution < -0.4 is 10.9 Å². The molecular formula is C6H6N2. The quantitative estimate of drug-likeness (QED) is 0.523. The Morgan fingerprint density at radius 3 is 1.25 bits per heavy atom. The van der Waals surface area contributed by atoms with Gasteiger partial charge in [0.15, 0.2) is 0 Å². The molecule has 0 spiro atoms. The first-order chi connectivity index (χ1) is 3.95. The Balaban J connectivity index is 2.69. The second-order valence-corrected chi connectivity index (χ2v) is 1.83. The number of rotatable bonds is 0. The fourth-order valence-corrected chi connectivity index (χ4v) is 0.781. The third-order valence-corrected chi connectivity index (χ3v) is 1.24. The summed E-state index contributed by atoms with van der Waals surface area (Å²) in [6.07, 6.45) is 0. The molecule has 0 atom stereocenters. The van der Waals surface area contributed by atoms with E-state index in [1.54, 1.807) is 0 Å². The third kappa shape index (κ3) is 0.368. The highest BCUT2D eigenvalue weighted by Crippen LogP contribution is 2.17. The number of fused-ring (bicyclic) bond motifs is 3. The smallest absolute Gasteiger partial charge is 0.0541 e. The van der Waals surface area contributed by atoms with E-state index >= 15 is 0 Å². The summed E-state index contributed by atoms with van der Waals surface area (Å²) in [5.74, 6) is 0. The Bertz CT molecular complexity index is 167. The predicted octanol–water partition coefficient (Wildman–Crippen LogP) is 1.44. The van der Waals surface area contributed by atoms with Crippen molar-refractivity contribution in [1.82, 2.24) is 0 Å². The van der Waals surface area contributed by atoms with Crippen LogP contribution in [0.15, 0.2) is 24.3 Å². The molecule has 40 valence electrons. The maximum Gasteiger partial charge on any atom is 0.0541 e. The Kier molecular flexibility index (Phi) is 0.545. The second-order valence-electron chi connectivity index (χ2n) is 1.83. The SMILES string of the molecule is c1cc2ccc1NN2. The number of anilines is 2. The van der Waals surface area contributed by atoms with E-state index in [1.807, 2.05) is 24.3 Å². The maximum absolute atomic E-state index is 2.97. The molecule has 0 saturated heterocycles. The van der Waals surface area contributed by atoms with Crippen LogP contribution >= 0.6 is 0 Å². The summed E-state index contributed by atoms with van der Waals surface area (Å²) >= 11 is 0. The molecule has 0 fully saturated rings. The highest BCUT2D eigenvalue weighted by molar-refractivity contribution is 5.62. The molecule has 0 radical (unpaired) electrons. The molecule has 2 N–H and O–H groups in total. The Morgan fingerprint density at radius 2 is 1.12 bits per heavy atom. The molecule has 0 amide bonds. The van der Waals surface area contributed by atoms with Crippen LogP contribution in [0.25, 0.3) is 0 Å². The highest BCUT2D eigenvalue weighted by Gasteiger charge is 1.97. The van der Waals surface area contributed by atoms with Crippen molar-refractivity contribution >= 4 is 11.4 Å². The molecule has 2 aliphatic heterocycles. The standard InChI is InChI=1S/C6H6N2/c1-2-6-4-3-5(1)7-8-6/h1-4,7-8H. The molecule has 1 aromatic carbocycles. The summed E-state index contributed by atoms with van der Waals surface area (Å²) in [5.41, 5.74) is 8.20. The molecular weight excluding hydrogens is 100 g/mol. The summed E-state index contributed by atoms with van der Waals surface area (Å²) in [4.78, 5) is 0. The Morgan fingerprint density at radius 1 is 0.750 bits per heavy atom. The molecule has 0 aromatic heterocycles. The monoisotopic (exact) mass is 106 g/mol. The normalized spacial score (nSPS) is 12.5. The van der Waals surface area contributed by atoms with Crippen LogP contribution in [0.4, 0.5) is 11.4 Å². The fraction of sp³-hybridized carbons (Fsp3) is 0. The zero-order valence-corrected chi connectivity index (χ0v) is 4.31. The zero-order chi connectivity index (χ0) is 5.40.